The highest BCUT2D eigenvalue weighted by atomic mass is 32.2. The molecule has 1 aromatic rings. The third kappa shape index (κ3) is 5.52. The molecule has 0 radical (unpaired) electrons. The number of rotatable bonds is 8. The van der Waals surface area contributed by atoms with Crippen LogP contribution >= 0.6 is 0 Å². The molecule has 0 spiro atoms. The van der Waals surface area contributed by atoms with E-state index in [0.29, 0.717) is 31.1 Å². The predicted octanol–water partition coefficient (Wildman–Crippen LogP) is 1.84. The number of carbonyl (C=O) groups is 1. The van der Waals surface area contributed by atoms with E-state index in [0.717, 1.165) is 32.4 Å². The van der Waals surface area contributed by atoms with E-state index in [9.17, 15) is 13.2 Å². The molecule has 1 amide bonds. The highest BCUT2D eigenvalue weighted by Crippen LogP contribution is 2.15. The summed E-state index contributed by atoms with van der Waals surface area (Å²) in [4.78, 5) is 14.2. The number of nitrogens with zero attached hydrogens (tertiary/aromatic N) is 1. The smallest absolute Gasteiger partial charge is 0.253 e. The van der Waals surface area contributed by atoms with Crippen molar-refractivity contribution in [3.05, 3.63) is 29.8 Å². The molecule has 0 aromatic heterocycles. The molecule has 1 saturated heterocycles. The third-order valence-corrected chi connectivity index (χ3v) is 6.18. The Morgan fingerprint density at radius 2 is 1.92 bits per heavy atom. The summed E-state index contributed by atoms with van der Waals surface area (Å²) in [5.74, 6) is 0.456. The molecular formula is C18H29N3O3S. The third-order valence-electron chi connectivity index (χ3n) is 4.71. The van der Waals surface area contributed by atoms with E-state index in [2.05, 4.69) is 10.0 Å². The van der Waals surface area contributed by atoms with Crippen LogP contribution in [0.4, 0.5) is 0 Å². The fourth-order valence-electron chi connectivity index (χ4n) is 3.12. The Morgan fingerprint density at radius 3 is 2.48 bits per heavy atom. The van der Waals surface area contributed by atoms with Crippen LogP contribution in [0.15, 0.2) is 29.2 Å². The van der Waals surface area contributed by atoms with Crippen molar-refractivity contribution in [1.82, 2.24) is 14.9 Å². The van der Waals surface area contributed by atoms with Gasteiger partial charge in [0.15, 0.2) is 0 Å². The van der Waals surface area contributed by atoms with Crippen molar-refractivity contribution < 1.29 is 13.2 Å². The molecule has 1 aliphatic heterocycles. The molecule has 2 N–H and O–H groups in total. The van der Waals surface area contributed by atoms with Gasteiger partial charge in [0.1, 0.15) is 0 Å². The number of benzene rings is 1. The number of hydrogen-bond acceptors (Lipinski definition) is 4. The first-order valence-electron chi connectivity index (χ1n) is 9.07. The molecule has 1 aromatic carbocycles. The van der Waals surface area contributed by atoms with Crippen molar-refractivity contribution in [1.29, 1.82) is 0 Å². The lowest BCUT2D eigenvalue weighted by atomic mass is 9.96. The van der Waals surface area contributed by atoms with Crippen LogP contribution in [0.3, 0.4) is 0 Å². The molecule has 7 heteroatoms. The van der Waals surface area contributed by atoms with Gasteiger partial charge in [0, 0.05) is 25.2 Å². The Morgan fingerprint density at radius 1 is 1.24 bits per heavy atom. The standard InChI is InChI=1S/C18H29N3O3S/c1-3-21(4-2)18(22)16-7-9-17(10-8-16)25(23,24)20-13-11-15-6-5-12-19-14-15/h7-10,15,19-20H,3-6,11-14H2,1-2H3. The minimum Gasteiger partial charge on any atom is -0.339 e. The van der Waals surface area contributed by atoms with E-state index in [1.807, 2.05) is 13.8 Å². The van der Waals surface area contributed by atoms with Crippen LogP contribution in [0.5, 0.6) is 0 Å². The molecule has 0 aliphatic carbocycles. The first-order chi connectivity index (χ1) is 12.0. The first kappa shape index (κ1) is 19.9. The Kier molecular flexibility index (Phi) is 7.40. The minimum absolute atomic E-state index is 0.0771. The van der Waals surface area contributed by atoms with Gasteiger partial charge in [-0.1, -0.05) is 0 Å². The van der Waals surface area contributed by atoms with E-state index in [-0.39, 0.29) is 10.8 Å². The Balaban J connectivity index is 1.93. The van der Waals surface area contributed by atoms with Gasteiger partial charge >= 0.3 is 0 Å². The molecule has 1 unspecified atom stereocenters. The van der Waals surface area contributed by atoms with Gasteiger partial charge in [0.2, 0.25) is 10.0 Å². The Bertz CT molecular complexity index is 649. The molecule has 1 heterocycles. The summed E-state index contributed by atoms with van der Waals surface area (Å²) in [7, 11) is -3.53. The van der Waals surface area contributed by atoms with Gasteiger partial charge in [0.25, 0.3) is 5.91 Å². The number of piperidine rings is 1. The summed E-state index contributed by atoms with van der Waals surface area (Å²) in [6.45, 7) is 7.57. The van der Waals surface area contributed by atoms with Crippen LogP contribution in [0.2, 0.25) is 0 Å². The zero-order valence-corrected chi connectivity index (χ0v) is 15.9. The van der Waals surface area contributed by atoms with Crippen molar-refractivity contribution in [2.24, 2.45) is 5.92 Å². The molecule has 1 atom stereocenters. The van der Waals surface area contributed by atoms with Crippen molar-refractivity contribution >= 4 is 15.9 Å². The van der Waals surface area contributed by atoms with Gasteiger partial charge in [-0.3, -0.25) is 4.79 Å². The van der Waals surface area contributed by atoms with Crippen molar-refractivity contribution in [2.75, 3.05) is 32.7 Å². The minimum atomic E-state index is -3.53. The molecule has 0 bridgehead atoms. The Labute approximate surface area is 151 Å². The second-order valence-corrected chi connectivity index (χ2v) is 8.17. The fourth-order valence-corrected chi connectivity index (χ4v) is 4.17. The number of carbonyl (C=O) groups excluding carboxylic acids is 1. The molecule has 1 aliphatic rings. The van der Waals surface area contributed by atoms with E-state index < -0.39 is 10.0 Å². The zero-order chi connectivity index (χ0) is 18.3. The van der Waals surface area contributed by atoms with Crippen LogP contribution in [0.25, 0.3) is 0 Å². The highest BCUT2D eigenvalue weighted by molar-refractivity contribution is 7.89. The maximum absolute atomic E-state index is 12.4. The summed E-state index contributed by atoms with van der Waals surface area (Å²) in [6, 6.07) is 6.17. The fraction of sp³-hybridized carbons (Fsp3) is 0.611. The molecule has 1 fully saturated rings. The van der Waals surface area contributed by atoms with E-state index in [4.69, 9.17) is 0 Å². The second-order valence-electron chi connectivity index (χ2n) is 6.40. The van der Waals surface area contributed by atoms with E-state index in [1.165, 1.54) is 12.1 Å². The maximum Gasteiger partial charge on any atom is 0.253 e. The van der Waals surface area contributed by atoms with Gasteiger partial charge in [-0.25, -0.2) is 13.1 Å². The summed E-state index contributed by atoms with van der Waals surface area (Å²) < 4.78 is 27.4. The van der Waals surface area contributed by atoms with Crippen molar-refractivity contribution in [2.45, 2.75) is 38.0 Å². The molecule has 6 nitrogen and oxygen atoms in total. The molecule has 0 saturated carbocycles. The Hall–Kier alpha value is -1.44. The number of sulfonamides is 1. The molecule has 25 heavy (non-hydrogen) atoms. The lowest BCUT2D eigenvalue weighted by molar-refractivity contribution is 0.0773. The molecular weight excluding hydrogens is 338 g/mol. The normalized spacial score (nSPS) is 18.1. The van der Waals surface area contributed by atoms with Gasteiger partial charge < -0.3 is 10.2 Å². The molecule has 2 rings (SSSR count). The summed E-state index contributed by atoms with van der Waals surface area (Å²) >= 11 is 0. The second kappa shape index (κ2) is 9.31. The summed E-state index contributed by atoms with van der Waals surface area (Å²) in [6.07, 6.45) is 3.14. The van der Waals surface area contributed by atoms with Crippen LogP contribution < -0.4 is 10.0 Å². The van der Waals surface area contributed by atoms with E-state index >= 15 is 0 Å². The molecule has 140 valence electrons. The highest BCUT2D eigenvalue weighted by Gasteiger charge is 2.18. The average molecular weight is 368 g/mol. The lowest BCUT2D eigenvalue weighted by Gasteiger charge is -2.22. The van der Waals surface area contributed by atoms with Gasteiger partial charge in [-0.2, -0.15) is 0 Å². The van der Waals surface area contributed by atoms with Crippen molar-refractivity contribution in [3.63, 3.8) is 0 Å². The average Bonchev–Trinajstić information content (AvgIpc) is 2.63. The van der Waals surface area contributed by atoms with Crippen LogP contribution in [-0.2, 0) is 10.0 Å². The van der Waals surface area contributed by atoms with Crippen LogP contribution in [0, 0.1) is 5.92 Å². The monoisotopic (exact) mass is 367 g/mol. The largest absolute Gasteiger partial charge is 0.339 e. The number of hydrogen-bond donors (Lipinski definition) is 2. The first-order valence-corrected chi connectivity index (χ1v) is 10.6. The topological polar surface area (TPSA) is 78.5 Å². The van der Waals surface area contributed by atoms with Crippen LogP contribution in [0.1, 0.15) is 43.5 Å². The van der Waals surface area contributed by atoms with Gasteiger partial charge in [-0.05, 0) is 76.4 Å². The predicted molar refractivity (Wildman–Crippen MR) is 99.1 cm³/mol. The van der Waals surface area contributed by atoms with Gasteiger partial charge in [0.05, 0.1) is 4.90 Å². The van der Waals surface area contributed by atoms with E-state index in [1.54, 1.807) is 17.0 Å². The maximum atomic E-state index is 12.4. The SMILES string of the molecule is CCN(CC)C(=O)c1ccc(S(=O)(=O)NCCC2CCCNC2)cc1. The van der Waals surface area contributed by atoms with Crippen LogP contribution in [-0.4, -0.2) is 51.9 Å². The summed E-state index contributed by atoms with van der Waals surface area (Å²) in [5, 5.41) is 3.34. The summed E-state index contributed by atoms with van der Waals surface area (Å²) in [5.41, 5.74) is 0.510. The zero-order valence-electron chi connectivity index (χ0n) is 15.1. The van der Waals surface area contributed by atoms with Crippen molar-refractivity contribution in [3.8, 4) is 0 Å². The lowest BCUT2D eigenvalue weighted by Crippen LogP contribution is -2.33. The number of nitrogens with one attached hydrogen (secondary N) is 2. The van der Waals surface area contributed by atoms with Gasteiger partial charge in [-0.15, -0.1) is 0 Å². The number of amides is 1. The quantitative estimate of drug-likeness (QED) is 0.735.